The molecule has 0 aliphatic carbocycles. The van der Waals surface area contributed by atoms with E-state index in [1.165, 1.54) is 18.2 Å². The molecular formula is C18H19F3N2O. The van der Waals surface area contributed by atoms with Crippen molar-refractivity contribution < 1.29 is 18.0 Å². The molecule has 128 valence electrons. The highest BCUT2D eigenvalue weighted by atomic mass is 19.4. The van der Waals surface area contributed by atoms with Crippen LogP contribution in [-0.4, -0.2) is 12.5 Å². The number of hydrogen-bond acceptors (Lipinski definition) is 2. The standard InChI is InChI=1S/C18H19F3N2O/c1-13-5-4-6-14(11-13)12-23-17(24)9-10-22-16-8-3-2-7-15(16)18(19,20)21/h2-8,11,22H,9-10,12H2,1H3,(H,23,24). The Balaban J connectivity index is 1.81. The van der Waals surface area contributed by atoms with Gasteiger partial charge in [0.25, 0.3) is 0 Å². The van der Waals surface area contributed by atoms with Crippen LogP contribution in [0.25, 0.3) is 0 Å². The molecule has 6 heteroatoms. The number of anilines is 1. The predicted octanol–water partition coefficient (Wildman–Crippen LogP) is 4.13. The number of alkyl halides is 3. The Kier molecular flexibility index (Phi) is 5.84. The number of nitrogens with one attached hydrogen (secondary N) is 2. The summed E-state index contributed by atoms with van der Waals surface area (Å²) in [6.07, 6.45) is -4.32. The topological polar surface area (TPSA) is 41.1 Å². The third-order valence-electron chi connectivity index (χ3n) is 3.47. The number of aryl methyl sites for hydroxylation is 1. The highest BCUT2D eigenvalue weighted by Crippen LogP contribution is 2.34. The molecule has 3 nitrogen and oxygen atoms in total. The molecule has 0 bridgehead atoms. The van der Waals surface area contributed by atoms with Gasteiger partial charge in [0, 0.05) is 25.2 Å². The van der Waals surface area contributed by atoms with Crippen molar-refractivity contribution >= 4 is 11.6 Å². The van der Waals surface area contributed by atoms with Gasteiger partial charge in [-0.2, -0.15) is 13.2 Å². The van der Waals surface area contributed by atoms with E-state index in [0.717, 1.165) is 17.2 Å². The first-order valence-electron chi connectivity index (χ1n) is 7.58. The van der Waals surface area contributed by atoms with Gasteiger partial charge < -0.3 is 10.6 Å². The molecule has 1 amide bonds. The van der Waals surface area contributed by atoms with Crippen LogP contribution in [0.1, 0.15) is 23.1 Å². The second-order valence-corrected chi connectivity index (χ2v) is 5.49. The first kappa shape index (κ1) is 17.8. The second kappa shape index (κ2) is 7.86. The van der Waals surface area contributed by atoms with Crippen LogP contribution in [0, 0.1) is 6.92 Å². The molecule has 0 atom stereocenters. The molecule has 24 heavy (non-hydrogen) atoms. The maximum Gasteiger partial charge on any atom is 0.418 e. The van der Waals surface area contributed by atoms with Crippen molar-refractivity contribution in [2.75, 3.05) is 11.9 Å². The number of hydrogen-bond donors (Lipinski definition) is 2. The van der Waals surface area contributed by atoms with Crippen molar-refractivity contribution in [3.05, 3.63) is 65.2 Å². The van der Waals surface area contributed by atoms with Gasteiger partial charge in [0.15, 0.2) is 0 Å². The third-order valence-corrected chi connectivity index (χ3v) is 3.47. The van der Waals surface area contributed by atoms with E-state index < -0.39 is 11.7 Å². The van der Waals surface area contributed by atoms with E-state index in [-0.39, 0.29) is 24.6 Å². The Labute approximate surface area is 138 Å². The van der Waals surface area contributed by atoms with Gasteiger partial charge >= 0.3 is 6.18 Å². The largest absolute Gasteiger partial charge is 0.418 e. The van der Waals surface area contributed by atoms with Crippen molar-refractivity contribution in [3.8, 4) is 0 Å². The van der Waals surface area contributed by atoms with Gasteiger partial charge in [0.1, 0.15) is 0 Å². The lowest BCUT2D eigenvalue weighted by molar-refractivity contribution is -0.137. The van der Waals surface area contributed by atoms with Crippen LogP contribution in [0.5, 0.6) is 0 Å². The average Bonchev–Trinajstić information content (AvgIpc) is 2.52. The molecule has 0 fully saturated rings. The maximum absolute atomic E-state index is 12.9. The number of benzene rings is 2. The fourth-order valence-electron chi connectivity index (χ4n) is 2.31. The molecule has 0 aliphatic rings. The zero-order valence-electron chi connectivity index (χ0n) is 13.3. The summed E-state index contributed by atoms with van der Waals surface area (Å²) in [7, 11) is 0. The summed E-state index contributed by atoms with van der Waals surface area (Å²) < 4.78 is 38.6. The third kappa shape index (κ3) is 5.30. The highest BCUT2D eigenvalue weighted by molar-refractivity contribution is 5.76. The van der Waals surface area contributed by atoms with Crippen molar-refractivity contribution in [1.82, 2.24) is 5.32 Å². The summed E-state index contributed by atoms with van der Waals surface area (Å²) in [5, 5.41) is 5.43. The molecule has 0 spiro atoms. The molecule has 0 aromatic heterocycles. The molecule has 0 radical (unpaired) electrons. The van der Waals surface area contributed by atoms with Crippen LogP contribution in [0.4, 0.5) is 18.9 Å². The molecule has 0 unspecified atom stereocenters. The number of carbonyl (C=O) groups excluding carboxylic acids is 1. The first-order chi connectivity index (χ1) is 11.4. The maximum atomic E-state index is 12.9. The van der Waals surface area contributed by atoms with E-state index in [9.17, 15) is 18.0 Å². The van der Waals surface area contributed by atoms with Crippen molar-refractivity contribution in [2.24, 2.45) is 0 Å². The van der Waals surface area contributed by atoms with Crippen molar-refractivity contribution in [2.45, 2.75) is 26.1 Å². The number of rotatable bonds is 6. The van der Waals surface area contributed by atoms with Gasteiger partial charge in [-0.25, -0.2) is 0 Å². The number of para-hydroxylation sites is 1. The first-order valence-corrected chi connectivity index (χ1v) is 7.58. The number of amides is 1. The van der Waals surface area contributed by atoms with Gasteiger partial charge in [-0.05, 0) is 24.6 Å². The van der Waals surface area contributed by atoms with Crippen LogP contribution < -0.4 is 10.6 Å². The molecule has 2 N–H and O–H groups in total. The predicted molar refractivity (Wildman–Crippen MR) is 87.6 cm³/mol. The molecule has 2 aromatic rings. The quantitative estimate of drug-likeness (QED) is 0.833. The minimum Gasteiger partial charge on any atom is -0.384 e. The fourth-order valence-corrected chi connectivity index (χ4v) is 2.31. The van der Waals surface area contributed by atoms with Crippen LogP contribution in [0.3, 0.4) is 0 Å². The summed E-state index contributed by atoms with van der Waals surface area (Å²) in [4.78, 5) is 11.8. The normalized spacial score (nSPS) is 11.2. The zero-order valence-corrected chi connectivity index (χ0v) is 13.3. The Morgan fingerprint density at radius 3 is 2.54 bits per heavy atom. The van der Waals surface area contributed by atoms with Crippen LogP contribution in [0.15, 0.2) is 48.5 Å². The van der Waals surface area contributed by atoms with Crippen molar-refractivity contribution in [3.63, 3.8) is 0 Å². The summed E-state index contributed by atoms with van der Waals surface area (Å²) in [5.74, 6) is -0.214. The Bertz CT molecular complexity index is 699. The van der Waals surface area contributed by atoms with Gasteiger partial charge in [-0.3, -0.25) is 4.79 Å². The highest BCUT2D eigenvalue weighted by Gasteiger charge is 2.32. The molecule has 2 rings (SSSR count). The summed E-state index contributed by atoms with van der Waals surface area (Å²) >= 11 is 0. The molecule has 2 aromatic carbocycles. The SMILES string of the molecule is Cc1cccc(CNC(=O)CCNc2ccccc2C(F)(F)F)c1. The van der Waals surface area contributed by atoms with Crippen LogP contribution in [0.2, 0.25) is 0 Å². The van der Waals surface area contributed by atoms with E-state index in [1.807, 2.05) is 31.2 Å². The molecule has 0 aliphatic heterocycles. The summed E-state index contributed by atoms with van der Waals surface area (Å²) in [6, 6.07) is 13.0. The zero-order chi connectivity index (χ0) is 17.6. The Morgan fingerprint density at radius 1 is 1.08 bits per heavy atom. The van der Waals surface area contributed by atoms with Gasteiger partial charge in [-0.15, -0.1) is 0 Å². The van der Waals surface area contributed by atoms with E-state index >= 15 is 0 Å². The number of halogens is 3. The van der Waals surface area contributed by atoms with E-state index in [0.29, 0.717) is 6.54 Å². The minimum absolute atomic E-state index is 0.0171. The number of carbonyl (C=O) groups is 1. The van der Waals surface area contributed by atoms with E-state index in [2.05, 4.69) is 10.6 Å². The van der Waals surface area contributed by atoms with Crippen molar-refractivity contribution in [1.29, 1.82) is 0 Å². The van der Waals surface area contributed by atoms with Crippen LogP contribution in [-0.2, 0) is 17.5 Å². The lowest BCUT2D eigenvalue weighted by Crippen LogP contribution is -2.25. The van der Waals surface area contributed by atoms with E-state index in [4.69, 9.17) is 0 Å². The second-order valence-electron chi connectivity index (χ2n) is 5.49. The molecule has 0 saturated heterocycles. The molecule has 0 saturated carbocycles. The fraction of sp³-hybridized carbons (Fsp3) is 0.278. The van der Waals surface area contributed by atoms with E-state index in [1.54, 1.807) is 0 Å². The molecular weight excluding hydrogens is 317 g/mol. The average molecular weight is 336 g/mol. The van der Waals surface area contributed by atoms with Gasteiger partial charge in [-0.1, -0.05) is 42.0 Å². The minimum atomic E-state index is -4.42. The van der Waals surface area contributed by atoms with Gasteiger partial charge in [0.05, 0.1) is 5.56 Å². The Hall–Kier alpha value is -2.50. The summed E-state index contributed by atoms with van der Waals surface area (Å²) in [6.45, 7) is 2.50. The Morgan fingerprint density at radius 2 is 1.83 bits per heavy atom. The lowest BCUT2D eigenvalue weighted by atomic mass is 10.1. The lowest BCUT2D eigenvalue weighted by Gasteiger charge is -2.14. The monoisotopic (exact) mass is 336 g/mol. The summed E-state index contributed by atoms with van der Waals surface area (Å²) in [5.41, 5.74) is 1.34. The van der Waals surface area contributed by atoms with Gasteiger partial charge in [0.2, 0.25) is 5.91 Å². The molecule has 0 heterocycles. The smallest absolute Gasteiger partial charge is 0.384 e. The van der Waals surface area contributed by atoms with Crippen LogP contribution >= 0.6 is 0 Å².